The zero-order valence-electron chi connectivity index (χ0n) is 7.47. The lowest BCUT2D eigenvalue weighted by atomic mass is 10.1. The lowest BCUT2D eigenvalue weighted by Crippen LogP contribution is -2.01. The van der Waals surface area contributed by atoms with Crippen molar-refractivity contribution in [2.45, 2.75) is 13.3 Å². The van der Waals surface area contributed by atoms with Crippen molar-refractivity contribution >= 4 is 5.78 Å². The van der Waals surface area contributed by atoms with Gasteiger partial charge in [0, 0.05) is 12.5 Å². The molecule has 0 fully saturated rings. The van der Waals surface area contributed by atoms with Crippen LogP contribution in [0.1, 0.15) is 18.1 Å². The molecule has 0 unspecified atom stereocenters. The Morgan fingerprint density at radius 3 is 2.57 bits per heavy atom. The predicted molar refractivity (Wildman–Crippen MR) is 45.5 cm³/mol. The number of carbonyl (C=O) groups excluding carboxylic acids is 1. The van der Waals surface area contributed by atoms with Gasteiger partial charge in [-0.1, -0.05) is 0 Å². The minimum absolute atomic E-state index is 0.0513. The van der Waals surface area contributed by atoms with Gasteiger partial charge in [0.25, 0.3) is 0 Å². The molecule has 0 spiro atoms. The van der Waals surface area contributed by atoms with Crippen LogP contribution in [0.4, 0.5) is 8.78 Å². The van der Waals surface area contributed by atoms with Crippen LogP contribution in [0.2, 0.25) is 0 Å². The largest absolute Gasteiger partial charge is 0.300 e. The summed E-state index contributed by atoms with van der Waals surface area (Å²) in [6.45, 7) is 1.30. The summed E-state index contributed by atoms with van der Waals surface area (Å²) < 4.78 is 25.8. The Morgan fingerprint density at radius 1 is 1.43 bits per heavy atom. The Balaban J connectivity index is 3.19. The summed E-state index contributed by atoms with van der Waals surface area (Å²) in [5.41, 5.74) is -0.196. The van der Waals surface area contributed by atoms with Gasteiger partial charge in [-0.3, -0.25) is 4.79 Å². The Bertz CT molecular complexity index is 421. The summed E-state index contributed by atoms with van der Waals surface area (Å²) >= 11 is 0. The molecule has 14 heavy (non-hydrogen) atoms. The molecule has 0 aliphatic heterocycles. The van der Waals surface area contributed by atoms with E-state index in [0.29, 0.717) is 6.07 Å². The van der Waals surface area contributed by atoms with Crippen LogP contribution in [0, 0.1) is 23.0 Å². The first kappa shape index (κ1) is 10.3. The maximum absolute atomic E-state index is 13.0. The molecule has 0 saturated carbocycles. The fraction of sp³-hybridized carbons (Fsp3) is 0.200. The molecule has 0 radical (unpaired) electrons. The molecule has 0 aliphatic rings. The smallest absolute Gasteiger partial charge is 0.143 e. The second-order valence-corrected chi connectivity index (χ2v) is 2.91. The number of hydrogen-bond acceptors (Lipinski definition) is 2. The highest BCUT2D eigenvalue weighted by Crippen LogP contribution is 2.14. The van der Waals surface area contributed by atoms with Crippen LogP contribution in [0.3, 0.4) is 0 Å². The maximum atomic E-state index is 13.0. The van der Waals surface area contributed by atoms with Gasteiger partial charge in [0.05, 0.1) is 5.56 Å². The van der Waals surface area contributed by atoms with Crippen LogP contribution in [0.25, 0.3) is 0 Å². The molecular formula is C10H7F2NO. The number of ketones is 1. The van der Waals surface area contributed by atoms with E-state index in [1.54, 1.807) is 6.07 Å². The molecule has 4 heteroatoms. The van der Waals surface area contributed by atoms with Gasteiger partial charge >= 0.3 is 0 Å². The van der Waals surface area contributed by atoms with Gasteiger partial charge in [-0.25, -0.2) is 8.78 Å². The van der Waals surface area contributed by atoms with Gasteiger partial charge in [-0.2, -0.15) is 5.26 Å². The Labute approximate surface area is 79.8 Å². The molecule has 0 amide bonds. The molecule has 72 valence electrons. The standard InChI is InChI=1S/C10H7F2NO/c1-6(14)2-7-3-8(5-13)10(12)4-9(7)11/h3-4H,2H2,1H3. The number of carbonyl (C=O) groups is 1. The maximum Gasteiger partial charge on any atom is 0.143 e. The number of Topliss-reactive ketones (excluding diaryl/α,β-unsaturated/α-hetero) is 1. The summed E-state index contributed by atoms with van der Waals surface area (Å²) in [5.74, 6) is -1.94. The quantitative estimate of drug-likeness (QED) is 0.723. The topological polar surface area (TPSA) is 40.9 Å². The van der Waals surface area contributed by atoms with Crippen LogP contribution >= 0.6 is 0 Å². The molecule has 0 saturated heterocycles. The van der Waals surface area contributed by atoms with Crippen molar-refractivity contribution in [3.05, 3.63) is 34.9 Å². The van der Waals surface area contributed by atoms with Crippen molar-refractivity contribution in [1.82, 2.24) is 0 Å². The fourth-order valence-corrected chi connectivity index (χ4v) is 1.08. The van der Waals surface area contributed by atoms with Crippen molar-refractivity contribution in [2.24, 2.45) is 0 Å². The molecule has 0 aromatic heterocycles. The average Bonchev–Trinajstić information content (AvgIpc) is 2.09. The number of nitriles is 1. The fourth-order valence-electron chi connectivity index (χ4n) is 1.08. The van der Waals surface area contributed by atoms with Gasteiger partial charge < -0.3 is 0 Å². The van der Waals surface area contributed by atoms with E-state index < -0.39 is 11.6 Å². The molecule has 0 N–H and O–H groups in total. The van der Waals surface area contributed by atoms with E-state index in [9.17, 15) is 13.6 Å². The van der Waals surface area contributed by atoms with E-state index in [1.165, 1.54) is 6.92 Å². The van der Waals surface area contributed by atoms with Crippen LogP contribution < -0.4 is 0 Å². The third kappa shape index (κ3) is 2.13. The van der Waals surface area contributed by atoms with E-state index in [1.807, 2.05) is 0 Å². The Kier molecular flexibility index (Phi) is 2.92. The second kappa shape index (κ2) is 3.97. The van der Waals surface area contributed by atoms with Gasteiger partial charge in [0.1, 0.15) is 23.5 Å². The third-order valence-corrected chi connectivity index (χ3v) is 1.70. The highest BCUT2D eigenvalue weighted by molar-refractivity contribution is 5.78. The summed E-state index contributed by atoms with van der Waals surface area (Å²) in [5, 5.41) is 8.47. The van der Waals surface area contributed by atoms with Crippen molar-refractivity contribution in [2.75, 3.05) is 0 Å². The first-order valence-electron chi connectivity index (χ1n) is 3.92. The monoisotopic (exact) mass is 195 g/mol. The second-order valence-electron chi connectivity index (χ2n) is 2.91. The predicted octanol–water partition coefficient (Wildman–Crippen LogP) is 1.97. The van der Waals surface area contributed by atoms with Crippen molar-refractivity contribution in [3.63, 3.8) is 0 Å². The molecule has 1 aromatic carbocycles. The number of rotatable bonds is 2. The SMILES string of the molecule is CC(=O)Cc1cc(C#N)c(F)cc1F. The normalized spacial score (nSPS) is 9.57. The third-order valence-electron chi connectivity index (χ3n) is 1.70. The molecule has 0 bridgehead atoms. The number of nitrogens with zero attached hydrogens (tertiary/aromatic N) is 1. The minimum atomic E-state index is -0.905. The zero-order valence-corrected chi connectivity index (χ0v) is 7.47. The summed E-state index contributed by atoms with van der Waals surface area (Å²) in [7, 11) is 0. The lowest BCUT2D eigenvalue weighted by Gasteiger charge is -2.01. The van der Waals surface area contributed by atoms with Gasteiger partial charge in [-0.05, 0) is 18.6 Å². The number of halogens is 2. The Hall–Kier alpha value is -1.76. The molecule has 1 rings (SSSR count). The summed E-state index contributed by atoms with van der Waals surface area (Å²) in [6, 6.07) is 3.27. The molecule has 1 aromatic rings. The van der Waals surface area contributed by atoms with Crippen LogP contribution in [-0.4, -0.2) is 5.78 Å². The van der Waals surface area contributed by atoms with Gasteiger partial charge in [0.2, 0.25) is 0 Å². The molecule has 0 aliphatic carbocycles. The first-order valence-corrected chi connectivity index (χ1v) is 3.92. The molecule has 0 atom stereocenters. The average molecular weight is 195 g/mol. The van der Waals surface area contributed by atoms with Crippen LogP contribution in [0.15, 0.2) is 12.1 Å². The molecule has 0 heterocycles. The van der Waals surface area contributed by atoms with E-state index in [4.69, 9.17) is 5.26 Å². The highest BCUT2D eigenvalue weighted by atomic mass is 19.1. The van der Waals surface area contributed by atoms with E-state index in [-0.39, 0.29) is 23.3 Å². The first-order chi connectivity index (χ1) is 6.54. The number of benzene rings is 1. The zero-order chi connectivity index (χ0) is 10.7. The van der Waals surface area contributed by atoms with Gasteiger partial charge in [0.15, 0.2) is 0 Å². The van der Waals surface area contributed by atoms with Crippen LogP contribution in [-0.2, 0) is 11.2 Å². The van der Waals surface area contributed by atoms with Crippen molar-refractivity contribution in [3.8, 4) is 6.07 Å². The summed E-state index contributed by atoms with van der Waals surface area (Å²) in [4.78, 5) is 10.7. The molecule has 2 nitrogen and oxygen atoms in total. The van der Waals surface area contributed by atoms with E-state index in [2.05, 4.69) is 0 Å². The van der Waals surface area contributed by atoms with Gasteiger partial charge in [-0.15, -0.1) is 0 Å². The Morgan fingerprint density at radius 2 is 2.07 bits per heavy atom. The van der Waals surface area contributed by atoms with Crippen molar-refractivity contribution < 1.29 is 13.6 Å². The lowest BCUT2D eigenvalue weighted by molar-refractivity contribution is -0.116. The van der Waals surface area contributed by atoms with Crippen LogP contribution in [0.5, 0.6) is 0 Å². The molecular weight excluding hydrogens is 188 g/mol. The number of hydrogen-bond donors (Lipinski definition) is 0. The van der Waals surface area contributed by atoms with E-state index >= 15 is 0 Å². The summed E-state index contributed by atoms with van der Waals surface area (Å²) in [6.07, 6.45) is -0.124. The minimum Gasteiger partial charge on any atom is -0.300 e. The van der Waals surface area contributed by atoms with Crippen molar-refractivity contribution in [1.29, 1.82) is 5.26 Å². The highest BCUT2D eigenvalue weighted by Gasteiger charge is 2.10. The van der Waals surface area contributed by atoms with E-state index in [0.717, 1.165) is 6.07 Å².